The maximum Gasteiger partial charge on any atom is 0.326 e. The molecule has 0 saturated carbocycles. The molecule has 0 aliphatic carbocycles. The molecule has 4 aliphatic rings. The molecule has 16 heteroatoms. The average Bonchev–Trinajstić information content (AvgIpc) is 3.55. The van der Waals surface area contributed by atoms with E-state index in [-0.39, 0.29) is 67.6 Å². The smallest absolute Gasteiger partial charge is 0.326 e. The van der Waals surface area contributed by atoms with E-state index >= 15 is 0 Å². The van der Waals surface area contributed by atoms with Gasteiger partial charge in [-0.05, 0) is 52.1 Å². The Labute approximate surface area is 295 Å². The summed E-state index contributed by atoms with van der Waals surface area (Å²) in [5, 5.41) is 1.50. The van der Waals surface area contributed by atoms with Gasteiger partial charge in [-0.2, -0.15) is 0 Å². The summed E-state index contributed by atoms with van der Waals surface area (Å²) >= 11 is 20.1. The summed E-state index contributed by atoms with van der Waals surface area (Å²) in [4.78, 5) is 58.7. The third-order valence-electron chi connectivity index (χ3n) is 6.56. The monoisotopic (exact) mass is 712 g/mol. The van der Waals surface area contributed by atoms with E-state index in [4.69, 9.17) is 48.9 Å². The highest BCUT2D eigenvalue weighted by atomic mass is 32.1. The number of likely N-dealkylation sites (N-methyl/N-ethyl adjacent to an activating group) is 8. The van der Waals surface area contributed by atoms with E-state index in [9.17, 15) is 19.2 Å². The second kappa shape index (κ2) is 23.7. The number of imide groups is 1. The minimum Gasteiger partial charge on any atom is -0.342 e. The first-order chi connectivity index (χ1) is 18.7. The molecule has 0 aromatic carbocycles. The van der Waals surface area contributed by atoms with Crippen LogP contribution in [0.2, 0.25) is 0 Å². The van der Waals surface area contributed by atoms with Gasteiger partial charge in [-0.25, -0.2) is 9.59 Å². The third kappa shape index (κ3) is 13.4. The number of hydrogen-bond acceptors (Lipinski definition) is 8. The summed E-state index contributed by atoms with van der Waals surface area (Å²) in [6.45, 7) is 13.1. The zero-order valence-corrected chi connectivity index (χ0v) is 27.8. The molecule has 4 heterocycles. The molecule has 6 amide bonds. The van der Waals surface area contributed by atoms with E-state index in [2.05, 4.69) is 11.8 Å². The van der Waals surface area contributed by atoms with Crippen LogP contribution in [0, 0.1) is 0 Å². The van der Waals surface area contributed by atoms with Crippen LogP contribution in [0.4, 0.5) is 9.59 Å². The maximum atomic E-state index is 11.1. The molecule has 0 aromatic rings. The number of urea groups is 2. The van der Waals surface area contributed by atoms with Crippen LogP contribution in [0.15, 0.2) is 0 Å². The quantitative estimate of drug-likeness (QED) is 0.300. The van der Waals surface area contributed by atoms with Crippen molar-refractivity contribution in [3.05, 3.63) is 0 Å². The molecular formula is C29H60N8O4S4. The molecule has 4 fully saturated rings. The van der Waals surface area contributed by atoms with Gasteiger partial charge in [-0.1, -0.05) is 61.6 Å². The predicted molar refractivity (Wildman–Crippen MR) is 205 cm³/mol. The van der Waals surface area contributed by atoms with E-state index in [1.165, 1.54) is 21.7 Å². The van der Waals surface area contributed by atoms with Gasteiger partial charge in [-0.15, -0.1) is 0 Å². The van der Waals surface area contributed by atoms with Gasteiger partial charge in [0.25, 0.3) is 0 Å². The van der Waals surface area contributed by atoms with Crippen LogP contribution in [0.3, 0.4) is 0 Å². The molecular weight excluding hydrogens is 653 g/mol. The number of rotatable bonds is 4. The third-order valence-corrected chi connectivity index (χ3v) is 8.43. The van der Waals surface area contributed by atoms with Crippen LogP contribution in [0.25, 0.3) is 0 Å². The van der Waals surface area contributed by atoms with Crippen molar-refractivity contribution >= 4 is 92.9 Å². The van der Waals surface area contributed by atoms with Crippen molar-refractivity contribution in [3.63, 3.8) is 0 Å². The number of nitrogens with zero attached hydrogens (tertiary/aromatic N) is 8. The van der Waals surface area contributed by atoms with Gasteiger partial charge < -0.3 is 24.5 Å². The molecule has 45 heavy (non-hydrogen) atoms. The fraction of sp³-hybridized carbons (Fsp3) is 0.724. The highest BCUT2D eigenvalue weighted by molar-refractivity contribution is 7.82. The van der Waals surface area contributed by atoms with Gasteiger partial charge in [0.05, 0.1) is 19.6 Å². The fourth-order valence-corrected chi connectivity index (χ4v) is 4.74. The topological polar surface area (TPSA) is 94.2 Å². The van der Waals surface area contributed by atoms with Crippen LogP contribution in [0.5, 0.6) is 0 Å². The molecule has 0 unspecified atom stereocenters. The Balaban J connectivity index is -0.000000152. The van der Waals surface area contributed by atoms with Gasteiger partial charge in [0.2, 0.25) is 11.8 Å². The van der Waals surface area contributed by atoms with E-state index < -0.39 is 0 Å². The van der Waals surface area contributed by atoms with Gasteiger partial charge in [0, 0.05) is 54.4 Å². The van der Waals surface area contributed by atoms with Gasteiger partial charge in [0.1, 0.15) is 16.5 Å². The Kier molecular flexibility index (Phi) is 27.4. The first kappa shape index (κ1) is 52.0. The fourth-order valence-electron chi connectivity index (χ4n) is 3.61. The normalized spacial score (nSPS) is 16.9. The number of hydrogen-bond donors (Lipinski definition) is 0. The Morgan fingerprint density at radius 2 is 0.733 bits per heavy atom. The average molecular weight is 713 g/mol. The number of carbonyl (C=O) groups is 4. The molecule has 0 spiro atoms. The number of carbonyl (C=O) groups excluding carboxylic acids is 4. The van der Waals surface area contributed by atoms with E-state index in [1.807, 2.05) is 37.6 Å². The van der Waals surface area contributed by atoms with Gasteiger partial charge in [-0.3, -0.25) is 24.3 Å². The lowest BCUT2D eigenvalue weighted by molar-refractivity contribution is -0.125. The molecule has 264 valence electrons. The van der Waals surface area contributed by atoms with Crippen LogP contribution in [-0.2, 0) is 9.59 Å². The second-order valence-corrected chi connectivity index (χ2v) is 10.7. The standard InChI is InChI=1S/C6H10N2O2.2C6H10N2OS.C6H10N2S2.5CH4/c1-3-8-4-5(9)7(2)6(8)10;1-3-8-4-5(10)7(2)6(8)9;2*1-3-8-4-5(9)7(2)6(8)10;;;;;/h4*3-4H2,1-2H3;5*1H4. The van der Waals surface area contributed by atoms with Crippen molar-refractivity contribution in [1.82, 2.24) is 39.2 Å². The zero-order valence-electron chi connectivity index (χ0n) is 24.5. The lowest BCUT2D eigenvalue weighted by Gasteiger charge is -2.14. The summed E-state index contributed by atoms with van der Waals surface area (Å²) in [6, 6.07) is -0.167. The van der Waals surface area contributed by atoms with Crippen molar-refractivity contribution in [2.75, 3.05) is 80.5 Å². The molecule has 0 radical (unpaired) electrons. The summed E-state index contributed by atoms with van der Waals surface area (Å²) in [6.07, 6.45) is 0. The van der Waals surface area contributed by atoms with E-state index in [1.54, 1.807) is 19.0 Å². The lowest BCUT2D eigenvalue weighted by atomic mass is 10.5. The minimum absolute atomic E-state index is 0. The van der Waals surface area contributed by atoms with Crippen molar-refractivity contribution in [1.29, 1.82) is 0 Å². The molecule has 0 N–H and O–H groups in total. The molecule has 12 nitrogen and oxygen atoms in total. The first-order valence-electron chi connectivity index (χ1n) is 12.9. The van der Waals surface area contributed by atoms with Crippen LogP contribution < -0.4 is 0 Å². The molecule has 4 aliphatic heterocycles. The van der Waals surface area contributed by atoms with E-state index in [0.29, 0.717) is 29.7 Å². The SMILES string of the molecule is C.C.C.C.C.CCN1CC(=O)N(C)C1=O.CCN1CC(=O)N(C)C1=S.CCN1CC(=S)N(C)C1=O.CCN1CC(=S)N(C)C1=S. The Morgan fingerprint density at radius 3 is 0.911 bits per heavy atom. The highest BCUT2D eigenvalue weighted by Gasteiger charge is 2.31. The van der Waals surface area contributed by atoms with Crippen molar-refractivity contribution in [3.8, 4) is 0 Å². The predicted octanol–water partition coefficient (Wildman–Crippen LogP) is 4.71. The molecule has 4 saturated heterocycles. The molecule has 0 atom stereocenters. The van der Waals surface area contributed by atoms with Gasteiger partial charge in [0.15, 0.2) is 10.2 Å². The van der Waals surface area contributed by atoms with E-state index in [0.717, 1.165) is 41.2 Å². The summed E-state index contributed by atoms with van der Waals surface area (Å²) < 4.78 is 0. The Morgan fingerprint density at radius 1 is 0.444 bits per heavy atom. The lowest BCUT2D eigenvalue weighted by Crippen LogP contribution is -2.29. The van der Waals surface area contributed by atoms with Crippen molar-refractivity contribution in [2.24, 2.45) is 0 Å². The highest BCUT2D eigenvalue weighted by Crippen LogP contribution is 2.09. The minimum atomic E-state index is -0.187. The van der Waals surface area contributed by atoms with Crippen LogP contribution >= 0.6 is 48.9 Å². The summed E-state index contributed by atoms with van der Waals surface area (Å²) in [7, 11) is 6.83. The van der Waals surface area contributed by atoms with Gasteiger partial charge >= 0.3 is 12.1 Å². The number of amides is 6. The molecule has 0 aromatic heterocycles. The second-order valence-electron chi connectivity index (χ2n) is 9.00. The Hall–Kier alpha value is -2.56. The van der Waals surface area contributed by atoms with Crippen LogP contribution in [0.1, 0.15) is 64.8 Å². The maximum absolute atomic E-state index is 11.1. The molecule has 0 bridgehead atoms. The first-order valence-corrected chi connectivity index (χ1v) is 14.5. The Bertz CT molecular complexity index is 886. The summed E-state index contributed by atoms with van der Waals surface area (Å²) in [5.74, 6) is -0.0290. The zero-order chi connectivity index (χ0) is 30.9. The number of thiocarbonyl (C=S) groups is 4. The molecule has 4 rings (SSSR count). The largest absolute Gasteiger partial charge is 0.342 e. The van der Waals surface area contributed by atoms with Crippen LogP contribution in [-0.4, -0.2) is 164 Å². The van der Waals surface area contributed by atoms with Crippen molar-refractivity contribution < 1.29 is 19.2 Å². The van der Waals surface area contributed by atoms with Crippen molar-refractivity contribution in [2.45, 2.75) is 64.8 Å². The summed E-state index contributed by atoms with van der Waals surface area (Å²) in [5.41, 5.74) is 0.